The van der Waals surface area contributed by atoms with Crippen LogP contribution in [0.2, 0.25) is 5.02 Å². The Balaban J connectivity index is 1.43. The molecule has 1 aromatic heterocycles. The molecule has 4 aromatic carbocycles. The third-order valence-corrected chi connectivity index (χ3v) is 9.10. The molecule has 0 aliphatic carbocycles. The molecule has 0 bridgehead atoms. The van der Waals surface area contributed by atoms with Gasteiger partial charge in [0.25, 0.3) is 15.9 Å². The highest BCUT2D eigenvalue weighted by Gasteiger charge is 2.23. The molecule has 0 fully saturated rings. The van der Waals surface area contributed by atoms with Crippen LogP contribution in [0.3, 0.4) is 0 Å². The van der Waals surface area contributed by atoms with Crippen molar-refractivity contribution >= 4 is 71.1 Å². The summed E-state index contributed by atoms with van der Waals surface area (Å²) in [6, 6.07) is 25.0. The number of carbonyl (C=O) groups excluding carboxylic acids is 1. The van der Waals surface area contributed by atoms with E-state index in [1.165, 1.54) is 48.0 Å². The van der Waals surface area contributed by atoms with Crippen molar-refractivity contribution in [1.82, 2.24) is 0 Å². The predicted octanol–water partition coefficient (Wildman–Crippen LogP) is 6.79. The van der Waals surface area contributed by atoms with E-state index in [1.54, 1.807) is 18.2 Å². The van der Waals surface area contributed by atoms with Crippen LogP contribution in [0.15, 0.2) is 89.8 Å². The molecule has 0 atom stereocenters. The summed E-state index contributed by atoms with van der Waals surface area (Å²) < 4.78 is 33.6. The Bertz CT molecular complexity index is 1730. The van der Waals surface area contributed by atoms with Crippen LogP contribution in [0.25, 0.3) is 20.9 Å². The van der Waals surface area contributed by atoms with E-state index in [2.05, 4.69) is 5.32 Å². The van der Waals surface area contributed by atoms with Gasteiger partial charge in [0.1, 0.15) is 5.75 Å². The van der Waals surface area contributed by atoms with Crippen molar-refractivity contribution in [3.05, 3.63) is 94.8 Å². The fourth-order valence-electron chi connectivity index (χ4n) is 3.96. The minimum Gasteiger partial charge on any atom is -0.495 e. The Labute approximate surface area is 217 Å². The average Bonchev–Trinajstić information content (AvgIpc) is 3.32. The van der Waals surface area contributed by atoms with Gasteiger partial charge in [0, 0.05) is 22.8 Å². The van der Waals surface area contributed by atoms with Crippen LogP contribution in [0.1, 0.15) is 9.67 Å². The van der Waals surface area contributed by atoms with Gasteiger partial charge in [-0.15, -0.1) is 11.3 Å². The van der Waals surface area contributed by atoms with E-state index in [4.69, 9.17) is 16.3 Å². The van der Waals surface area contributed by atoms with Gasteiger partial charge >= 0.3 is 0 Å². The normalized spacial score (nSPS) is 11.5. The molecule has 1 amide bonds. The lowest BCUT2D eigenvalue weighted by Crippen LogP contribution is -2.26. The lowest BCUT2D eigenvalue weighted by Gasteiger charge is -2.20. The largest absolute Gasteiger partial charge is 0.495 e. The van der Waals surface area contributed by atoms with Gasteiger partial charge in [-0.25, -0.2) is 8.42 Å². The molecule has 182 valence electrons. The van der Waals surface area contributed by atoms with Crippen LogP contribution >= 0.6 is 22.9 Å². The molecule has 0 unspecified atom stereocenters. The molecule has 0 aliphatic heterocycles. The minimum absolute atomic E-state index is 0.0522. The molecule has 1 N–H and O–H groups in total. The molecular formula is C27H21ClN2O4S2. The number of benzene rings is 4. The molecule has 0 saturated carbocycles. The third-order valence-electron chi connectivity index (χ3n) is 5.91. The van der Waals surface area contributed by atoms with E-state index in [0.29, 0.717) is 16.3 Å². The monoisotopic (exact) mass is 536 g/mol. The lowest BCUT2D eigenvalue weighted by atomic mass is 10.1. The molecule has 1 heterocycles. The maximum Gasteiger partial charge on any atom is 0.265 e. The zero-order valence-electron chi connectivity index (χ0n) is 19.4. The van der Waals surface area contributed by atoms with Crippen molar-refractivity contribution in [2.24, 2.45) is 0 Å². The number of amides is 1. The predicted molar refractivity (Wildman–Crippen MR) is 147 cm³/mol. The summed E-state index contributed by atoms with van der Waals surface area (Å²) in [6.45, 7) is 0. The Kier molecular flexibility index (Phi) is 6.34. The smallest absolute Gasteiger partial charge is 0.265 e. The Morgan fingerprint density at radius 1 is 0.944 bits per heavy atom. The van der Waals surface area contributed by atoms with Gasteiger partial charge in [-0.3, -0.25) is 9.10 Å². The van der Waals surface area contributed by atoms with E-state index in [-0.39, 0.29) is 15.8 Å². The molecule has 0 spiro atoms. The number of anilines is 2. The second-order valence-corrected chi connectivity index (χ2v) is 11.5. The van der Waals surface area contributed by atoms with E-state index in [0.717, 1.165) is 26.5 Å². The Hall–Kier alpha value is -3.59. The number of methoxy groups -OCH3 is 1. The second-order valence-electron chi connectivity index (χ2n) is 8.08. The quantitative estimate of drug-likeness (QED) is 0.259. The van der Waals surface area contributed by atoms with E-state index < -0.39 is 10.0 Å². The van der Waals surface area contributed by atoms with Crippen molar-refractivity contribution in [1.29, 1.82) is 0 Å². The first-order valence-corrected chi connectivity index (χ1v) is 13.6. The number of rotatable bonds is 6. The highest BCUT2D eigenvalue weighted by Crippen LogP contribution is 2.33. The average molecular weight is 537 g/mol. The maximum absolute atomic E-state index is 13.2. The standard InChI is InChI=1S/C27H21ClN2O4S2/c1-30(36(32,33)20-11-12-24(34-2)22(28)16-20)19-10-13-25-18(14-19)15-26(35-25)27(31)29-23-9-5-7-17-6-3-4-8-21(17)23/h3-16H,1-2H3,(H,29,31). The van der Waals surface area contributed by atoms with Crippen molar-refractivity contribution in [3.8, 4) is 5.75 Å². The molecule has 9 heteroatoms. The van der Waals surface area contributed by atoms with Crippen molar-refractivity contribution in [2.45, 2.75) is 4.90 Å². The minimum atomic E-state index is -3.86. The van der Waals surface area contributed by atoms with Crippen LogP contribution < -0.4 is 14.4 Å². The molecule has 0 saturated heterocycles. The van der Waals surface area contributed by atoms with Crippen LogP contribution in [0.4, 0.5) is 11.4 Å². The highest BCUT2D eigenvalue weighted by atomic mass is 35.5. The SMILES string of the molecule is COc1ccc(S(=O)(=O)N(C)c2ccc3sc(C(=O)Nc4cccc5ccccc45)cc3c2)cc1Cl. The maximum atomic E-state index is 13.2. The summed E-state index contributed by atoms with van der Waals surface area (Å²) in [5, 5.41) is 5.99. The highest BCUT2D eigenvalue weighted by molar-refractivity contribution is 7.92. The number of nitrogens with zero attached hydrogens (tertiary/aromatic N) is 1. The van der Waals surface area contributed by atoms with Crippen molar-refractivity contribution in [3.63, 3.8) is 0 Å². The van der Waals surface area contributed by atoms with Crippen molar-refractivity contribution < 1.29 is 17.9 Å². The second kappa shape index (κ2) is 9.46. The summed E-state index contributed by atoms with van der Waals surface area (Å²) in [6.07, 6.45) is 0. The molecule has 5 aromatic rings. The van der Waals surface area contributed by atoms with E-state index in [1.807, 2.05) is 48.5 Å². The zero-order chi connectivity index (χ0) is 25.4. The van der Waals surface area contributed by atoms with E-state index >= 15 is 0 Å². The summed E-state index contributed by atoms with van der Waals surface area (Å²) in [5.74, 6) is 0.176. The molecular weight excluding hydrogens is 516 g/mol. The number of thiophene rings is 1. The van der Waals surface area contributed by atoms with Gasteiger partial charge in [0.05, 0.1) is 27.6 Å². The van der Waals surface area contributed by atoms with Crippen molar-refractivity contribution in [2.75, 3.05) is 23.8 Å². The zero-order valence-corrected chi connectivity index (χ0v) is 21.7. The molecule has 5 rings (SSSR count). The Morgan fingerprint density at radius 3 is 2.50 bits per heavy atom. The number of hydrogen-bond acceptors (Lipinski definition) is 5. The molecule has 6 nitrogen and oxygen atoms in total. The summed E-state index contributed by atoms with van der Waals surface area (Å²) in [7, 11) is -0.914. The number of halogens is 1. The first-order valence-electron chi connectivity index (χ1n) is 10.9. The van der Waals surface area contributed by atoms with Gasteiger partial charge in [-0.2, -0.15) is 0 Å². The fraction of sp³-hybridized carbons (Fsp3) is 0.0741. The summed E-state index contributed by atoms with van der Waals surface area (Å²) in [4.78, 5) is 13.6. The number of fused-ring (bicyclic) bond motifs is 2. The van der Waals surface area contributed by atoms with Crippen LogP contribution in [0.5, 0.6) is 5.75 Å². The molecule has 0 aliphatic rings. The number of sulfonamides is 1. The third kappa shape index (κ3) is 4.39. The van der Waals surface area contributed by atoms with E-state index in [9.17, 15) is 13.2 Å². The molecule has 36 heavy (non-hydrogen) atoms. The molecule has 0 radical (unpaired) electrons. The summed E-state index contributed by atoms with van der Waals surface area (Å²) in [5.41, 5.74) is 1.20. The van der Waals surface area contributed by atoms with Crippen LogP contribution in [0, 0.1) is 0 Å². The van der Waals surface area contributed by atoms with Gasteiger partial charge in [-0.1, -0.05) is 48.0 Å². The van der Waals surface area contributed by atoms with Gasteiger partial charge in [0.15, 0.2) is 0 Å². The first-order chi connectivity index (χ1) is 17.3. The summed E-state index contributed by atoms with van der Waals surface area (Å²) >= 11 is 7.49. The van der Waals surface area contributed by atoms with Gasteiger partial charge < -0.3 is 10.1 Å². The fourth-order valence-corrected chi connectivity index (χ4v) is 6.44. The number of carbonyl (C=O) groups is 1. The number of hydrogen-bond donors (Lipinski definition) is 1. The van der Waals surface area contributed by atoms with Gasteiger partial charge in [0.2, 0.25) is 0 Å². The topological polar surface area (TPSA) is 75.7 Å². The van der Waals surface area contributed by atoms with Crippen LogP contribution in [-0.4, -0.2) is 28.5 Å². The van der Waals surface area contributed by atoms with Gasteiger partial charge in [-0.05, 0) is 59.3 Å². The number of nitrogens with one attached hydrogen (secondary N) is 1. The number of ether oxygens (including phenoxy) is 1. The Morgan fingerprint density at radius 2 is 1.72 bits per heavy atom. The van der Waals surface area contributed by atoms with Crippen LogP contribution in [-0.2, 0) is 10.0 Å². The first kappa shape index (κ1) is 24.1. The lowest BCUT2D eigenvalue weighted by molar-refractivity contribution is 0.103.